The van der Waals surface area contributed by atoms with Gasteiger partial charge in [0.1, 0.15) is 18.3 Å². The molecule has 1 fully saturated rings. The number of ether oxygens (including phenoxy) is 2. The summed E-state index contributed by atoms with van der Waals surface area (Å²) in [7, 11) is 0. The molecule has 0 aromatic rings. The van der Waals surface area contributed by atoms with Gasteiger partial charge in [0.05, 0.1) is 25.9 Å². The van der Waals surface area contributed by atoms with Gasteiger partial charge >= 0.3 is 0 Å². The van der Waals surface area contributed by atoms with Gasteiger partial charge < -0.3 is 35.0 Å². The van der Waals surface area contributed by atoms with Crippen molar-refractivity contribution < 1.29 is 35.0 Å². The number of hydrogen-bond donors (Lipinski definition) is 5. The Hall–Kier alpha value is -0.280. The number of rotatable bonds is 5. The van der Waals surface area contributed by atoms with Crippen LogP contribution in [0, 0.1) is 0 Å². The molecule has 0 amide bonds. The predicted octanol–water partition coefficient (Wildman–Crippen LogP) is -2.81. The van der Waals surface area contributed by atoms with Crippen molar-refractivity contribution >= 4 is 0 Å². The van der Waals surface area contributed by atoms with Gasteiger partial charge in [-0.2, -0.15) is 0 Å². The molecule has 0 radical (unpaired) electrons. The van der Waals surface area contributed by atoms with E-state index in [1.165, 1.54) is 0 Å². The molecule has 0 aromatic carbocycles. The molecule has 4 atom stereocenters. The zero-order valence-electron chi connectivity index (χ0n) is 8.77. The van der Waals surface area contributed by atoms with Gasteiger partial charge in [-0.1, -0.05) is 0 Å². The fourth-order valence-electron chi connectivity index (χ4n) is 1.51. The maximum Gasteiger partial charge on any atom is 0.161 e. The molecule has 0 saturated carbocycles. The number of aliphatic hydroxyl groups is 5. The van der Waals surface area contributed by atoms with E-state index in [2.05, 4.69) is 0 Å². The van der Waals surface area contributed by atoms with Crippen molar-refractivity contribution in [1.29, 1.82) is 0 Å². The molecular formula is C9H18O7. The maximum atomic E-state index is 9.46. The fraction of sp³-hybridized carbons (Fsp3) is 1.00. The summed E-state index contributed by atoms with van der Waals surface area (Å²) in [6, 6.07) is 0. The van der Waals surface area contributed by atoms with Crippen LogP contribution in [0.3, 0.4) is 0 Å². The van der Waals surface area contributed by atoms with Crippen LogP contribution in [0.5, 0.6) is 0 Å². The van der Waals surface area contributed by atoms with Crippen molar-refractivity contribution in [2.24, 2.45) is 0 Å². The zero-order chi connectivity index (χ0) is 12.1. The molecule has 0 aliphatic carbocycles. The summed E-state index contributed by atoms with van der Waals surface area (Å²) in [4.78, 5) is 0. The molecule has 7 nitrogen and oxygen atoms in total. The summed E-state index contributed by atoms with van der Waals surface area (Å²) in [6.45, 7) is -1.20. The zero-order valence-corrected chi connectivity index (χ0v) is 8.77. The summed E-state index contributed by atoms with van der Waals surface area (Å²) in [6.07, 6.45) is -4.78. The van der Waals surface area contributed by atoms with Crippen LogP contribution in [-0.2, 0) is 9.47 Å². The molecule has 2 unspecified atom stereocenters. The van der Waals surface area contributed by atoms with E-state index in [0.717, 1.165) is 0 Å². The molecule has 1 rings (SSSR count). The molecule has 1 heterocycles. The highest BCUT2D eigenvalue weighted by atomic mass is 16.7. The lowest BCUT2D eigenvalue weighted by Crippen LogP contribution is -2.51. The Bertz CT molecular complexity index is 194. The Labute approximate surface area is 92.9 Å². The first kappa shape index (κ1) is 13.8. The van der Waals surface area contributed by atoms with Crippen molar-refractivity contribution in [1.82, 2.24) is 0 Å². The van der Waals surface area contributed by atoms with Gasteiger partial charge in [-0.15, -0.1) is 0 Å². The Balaban J connectivity index is 2.49. The van der Waals surface area contributed by atoms with Crippen LogP contribution in [0.15, 0.2) is 0 Å². The van der Waals surface area contributed by atoms with Gasteiger partial charge in [-0.25, -0.2) is 0 Å². The summed E-state index contributed by atoms with van der Waals surface area (Å²) >= 11 is 0. The minimum atomic E-state index is -1.16. The SMILES string of the molecule is OCC(CO)O[C@H]1CC(O)[C@@H](O)C(CO)O1. The molecule has 7 heteroatoms. The molecule has 1 aliphatic heterocycles. The molecule has 0 bridgehead atoms. The third-order valence-corrected chi connectivity index (χ3v) is 2.47. The minimum absolute atomic E-state index is 0.0220. The molecule has 1 aliphatic rings. The van der Waals surface area contributed by atoms with Gasteiger partial charge in [0.2, 0.25) is 0 Å². The first-order valence-corrected chi connectivity index (χ1v) is 5.12. The standard InChI is InChI=1S/C9H18O7/c10-2-5(3-11)15-8-1-6(13)9(14)7(4-12)16-8/h5-14H,1-4H2/t6?,7?,8-,9-/m1/s1. The monoisotopic (exact) mass is 238 g/mol. The Morgan fingerprint density at radius 1 is 1.19 bits per heavy atom. The number of aliphatic hydroxyl groups excluding tert-OH is 5. The Kier molecular flexibility index (Phi) is 5.56. The average Bonchev–Trinajstić information content (AvgIpc) is 2.30. The second-order valence-corrected chi connectivity index (χ2v) is 3.70. The maximum absolute atomic E-state index is 9.46. The molecule has 96 valence electrons. The van der Waals surface area contributed by atoms with Gasteiger partial charge in [0, 0.05) is 6.42 Å². The van der Waals surface area contributed by atoms with E-state index >= 15 is 0 Å². The first-order valence-electron chi connectivity index (χ1n) is 5.12. The quantitative estimate of drug-likeness (QED) is 0.350. The largest absolute Gasteiger partial charge is 0.394 e. The summed E-state index contributed by atoms with van der Waals surface area (Å²) in [5.74, 6) is 0. The van der Waals surface area contributed by atoms with Crippen LogP contribution in [-0.4, -0.2) is 76.1 Å². The Morgan fingerprint density at radius 3 is 2.31 bits per heavy atom. The average molecular weight is 238 g/mol. The normalized spacial score (nSPS) is 35.6. The van der Waals surface area contributed by atoms with Crippen molar-refractivity contribution in [3.8, 4) is 0 Å². The molecule has 16 heavy (non-hydrogen) atoms. The van der Waals surface area contributed by atoms with Crippen LogP contribution >= 0.6 is 0 Å². The van der Waals surface area contributed by atoms with Crippen LogP contribution < -0.4 is 0 Å². The molecule has 1 saturated heterocycles. The lowest BCUT2D eigenvalue weighted by atomic mass is 10.0. The van der Waals surface area contributed by atoms with Gasteiger partial charge in [0.25, 0.3) is 0 Å². The highest BCUT2D eigenvalue weighted by Gasteiger charge is 2.37. The van der Waals surface area contributed by atoms with Crippen molar-refractivity contribution in [3.05, 3.63) is 0 Å². The lowest BCUT2D eigenvalue weighted by Gasteiger charge is -2.37. The highest BCUT2D eigenvalue weighted by Crippen LogP contribution is 2.21. The van der Waals surface area contributed by atoms with E-state index in [9.17, 15) is 10.2 Å². The molecular weight excluding hydrogens is 220 g/mol. The Morgan fingerprint density at radius 2 is 1.81 bits per heavy atom. The third-order valence-electron chi connectivity index (χ3n) is 2.47. The summed E-state index contributed by atoms with van der Waals surface area (Å²) < 4.78 is 10.3. The van der Waals surface area contributed by atoms with E-state index in [1.807, 2.05) is 0 Å². The smallest absolute Gasteiger partial charge is 0.161 e. The van der Waals surface area contributed by atoms with Gasteiger partial charge in [-0.05, 0) is 0 Å². The third kappa shape index (κ3) is 3.36. The van der Waals surface area contributed by atoms with Crippen LogP contribution in [0.4, 0.5) is 0 Å². The van der Waals surface area contributed by atoms with E-state index in [0.29, 0.717) is 0 Å². The van der Waals surface area contributed by atoms with Crippen molar-refractivity contribution in [2.75, 3.05) is 19.8 Å². The fourth-order valence-corrected chi connectivity index (χ4v) is 1.51. The van der Waals surface area contributed by atoms with E-state index < -0.39 is 37.3 Å². The molecule has 5 N–H and O–H groups in total. The lowest BCUT2D eigenvalue weighted by molar-refractivity contribution is -0.274. The van der Waals surface area contributed by atoms with Crippen LogP contribution in [0.1, 0.15) is 6.42 Å². The van der Waals surface area contributed by atoms with Crippen molar-refractivity contribution in [3.63, 3.8) is 0 Å². The van der Waals surface area contributed by atoms with Gasteiger partial charge in [-0.3, -0.25) is 0 Å². The molecule has 0 spiro atoms. The summed E-state index contributed by atoms with van der Waals surface area (Å²) in [5, 5.41) is 45.4. The molecule has 0 aromatic heterocycles. The van der Waals surface area contributed by atoms with Crippen molar-refractivity contribution in [2.45, 2.75) is 37.1 Å². The second-order valence-electron chi connectivity index (χ2n) is 3.70. The minimum Gasteiger partial charge on any atom is -0.394 e. The van der Waals surface area contributed by atoms with E-state index in [4.69, 9.17) is 24.8 Å². The summed E-state index contributed by atoms with van der Waals surface area (Å²) in [5.41, 5.74) is 0. The van der Waals surface area contributed by atoms with E-state index in [-0.39, 0.29) is 19.6 Å². The topological polar surface area (TPSA) is 120 Å². The first-order chi connectivity index (χ1) is 7.62. The van der Waals surface area contributed by atoms with Crippen LogP contribution in [0.25, 0.3) is 0 Å². The highest BCUT2D eigenvalue weighted by molar-refractivity contribution is 4.82. The number of hydrogen-bond acceptors (Lipinski definition) is 7. The van der Waals surface area contributed by atoms with Gasteiger partial charge in [0.15, 0.2) is 6.29 Å². The van der Waals surface area contributed by atoms with E-state index in [1.54, 1.807) is 0 Å². The predicted molar refractivity (Wildman–Crippen MR) is 51.4 cm³/mol. The van der Waals surface area contributed by atoms with Crippen LogP contribution in [0.2, 0.25) is 0 Å². The second kappa shape index (κ2) is 6.45.